The van der Waals surface area contributed by atoms with Crippen molar-refractivity contribution in [3.8, 4) is 11.4 Å². The van der Waals surface area contributed by atoms with Crippen molar-refractivity contribution in [2.24, 2.45) is 5.92 Å². The molecule has 0 unspecified atom stereocenters. The summed E-state index contributed by atoms with van der Waals surface area (Å²) in [5.41, 5.74) is 2.41. The van der Waals surface area contributed by atoms with Crippen LogP contribution in [0, 0.1) is 5.92 Å². The van der Waals surface area contributed by atoms with Crippen molar-refractivity contribution in [2.75, 3.05) is 5.32 Å². The van der Waals surface area contributed by atoms with Crippen LogP contribution >= 0.6 is 11.6 Å². The maximum atomic E-state index is 12.8. The van der Waals surface area contributed by atoms with E-state index < -0.39 is 0 Å². The Morgan fingerprint density at radius 3 is 3.00 bits per heavy atom. The number of halogens is 1. The third kappa shape index (κ3) is 3.22. The van der Waals surface area contributed by atoms with Crippen molar-refractivity contribution < 1.29 is 4.79 Å². The third-order valence-electron chi connectivity index (χ3n) is 4.72. The number of anilines is 1. The Morgan fingerprint density at radius 2 is 2.14 bits per heavy atom. The summed E-state index contributed by atoms with van der Waals surface area (Å²) in [7, 11) is 0. The largest absolute Gasteiger partial charge is 0.320 e. The molecule has 0 saturated heterocycles. The zero-order valence-electron chi connectivity index (χ0n) is 14.8. The molecule has 1 N–H and O–H groups in total. The summed E-state index contributed by atoms with van der Waals surface area (Å²) in [5.74, 6) is 0.877. The van der Waals surface area contributed by atoms with Gasteiger partial charge in [-0.3, -0.25) is 4.79 Å². The van der Waals surface area contributed by atoms with Crippen LogP contribution in [-0.2, 0) is 6.54 Å². The molecular formula is C19H16ClN7O. The zero-order chi connectivity index (χ0) is 19.1. The minimum atomic E-state index is -0.286. The smallest absolute Gasteiger partial charge is 0.259 e. The predicted octanol–water partition coefficient (Wildman–Crippen LogP) is 3.30. The Labute approximate surface area is 165 Å². The lowest BCUT2D eigenvalue weighted by molar-refractivity contribution is 0.102. The van der Waals surface area contributed by atoms with E-state index >= 15 is 0 Å². The highest BCUT2D eigenvalue weighted by Crippen LogP contribution is 2.31. The number of nitrogens with one attached hydrogen (secondary N) is 1. The maximum Gasteiger partial charge on any atom is 0.259 e. The molecule has 1 aliphatic rings. The van der Waals surface area contributed by atoms with Crippen molar-refractivity contribution in [1.29, 1.82) is 0 Å². The molecule has 0 aliphatic heterocycles. The van der Waals surface area contributed by atoms with Crippen LogP contribution in [0.2, 0.25) is 5.02 Å². The van der Waals surface area contributed by atoms with Crippen LogP contribution in [0.15, 0.2) is 48.8 Å². The summed E-state index contributed by atoms with van der Waals surface area (Å²) in [4.78, 5) is 14.4. The Balaban J connectivity index is 1.41. The van der Waals surface area contributed by atoms with Crippen LogP contribution in [0.1, 0.15) is 23.2 Å². The van der Waals surface area contributed by atoms with Gasteiger partial charge in [0.2, 0.25) is 5.82 Å². The van der Waals surface area contributed by atoms with Crippen LogP contribution in [0.5, 0.6) is 0 Å². The van der Waals surface area contributed by atoms with Crippen LogP contribution in [0.25, 0.3) is 16.9 Å². The minimum absolute atomic E-state index is 0.286. The number of hydrogen-bond acceptors (Lipinski definition) is 5. The number of tetrazole rings is 1. The number of hydrogen-bond donors (Lipinski definition) is 1. The second kappa shape index (κ2) is 6.72. The number of pyridine rings is 1. The second-order valence-electron chi connectivity index (χ2n) is 6.85. The predicted molar refractivity (Wildman–Crippen MR) is 104 cm³/mol. The number of carbonyl (C=O) groups is 1. The van der Waals surface area contributed by atoms with Gasteiger partial charge in [-0.15, -0.1) is 10.2 Å². The molecule has 1 saturated carbocycles. The van der Waals surface area contributed by atoms with Crippen molar-refractivity contribution in [3.63, 3.8) is 0 Å². The molecular weight excluding hydrogens is 378 g/mol. The number of carbonyl (C=O) groups excluding carboxylic acids is 1. The van der Waals surface area contributed by atoms with Crippen molar-refractivity contribution >= 4 is 28.7 Å². The van der Waals surface area contributed by atoms with Crippen molar-refractivity contribution in [2.45, 2.75) is 19.4 Å². The number of fused-ring (bicyclic) bond motifs is 1. The van der Waals surface area contributed by atoms with E-state index in [4.69, 9.17) is 11.6 Å². The number of aromatic nitrogens is 6. The molecule has 0 bridgehead atoms. The molecule has 3 aromatic heterocycles. The normalized spacial score (nSPS) is 13.8. The lowest BCUT2D eigenvalue weighted by Crippen LogP contribution is -2.12. The quantitative estimate of drug-likeness (QED) is 0.561. The third-order valence-corrected chi connectivity index (χ3v) is 5.04. The molecule has 1 aromatic carbocycles. The topological polar surface area (TPSA) is 90.0 Å². The van der Waals surface area contributed by atoms with Gasteiger partial charge in [-0.2, -0.15) is 9.90 Å². The molecule has 0 spiro atoms. The minimum Gasteiger partial charge on any atom is -0.320 e. The van der Waals surface area contributed by atoms with Gasteiger partial charge in [0.1, 0.15) is 0 Å². The van der Waals surface area contributed by atoms with Gasteiger partial charge in [0.25, 0.3) is 5.91 Å². The molecule has 1 fully saturated rings. The SMILES string of the molecule is O=C(Nc1cc(-c2nnn(CC3CC3)n2)ccc1Cl)c1cnn2ccccc12. The van der Waals surface area contributed by atoms with Crippen molar-refractivity contribution in [1.82, 2.24) is 29.8 Å². The Kier molecular flexibility index (Phi) is 4.05. The van der Waals surface area contributed by atoms with Gasteiger partial charge >= 0.3 is 0 Å². The molecule has 0 radical (unpaired) electrons. The molecule has 4 aromatic rings. The number of nitrogens with zero attached hydrogens (tertiary/aromatic N) is 6. The highest BCUT2D eigenvalue weighted by atomic mass is 35.5. The molecule has 28 heavy (non-hydrogen) atoms. The van der Waals surface area contributed by atoms with E-state index in [1.165, 1.54) is 19.0 Å². The first-order valence-corrected chi connectivity index (χ1v) is 9.36. The summed E-state index contributed by atoms with van der Waals surface area (Å²) in [6.07, 6.45) is 5.76. The van der Waals surface area contributed by atoms with Gasteiger partial charge in [0, 0.05) is 11.8 Å². The first-order valence-electron chi connectivity index (χ1n) is 8.99. The van der Waals surface area contributed by atoms with E-state index in [1.54, 1.807) is 27.6 Å². The monoisotopic (exact) mass is 393 g/mol. The lowest BCUT2D eigenvalue weighted by atomic mass is 10.1. The van der Waals surface area contributed by atoms with Crippen LogP contribution in [-0.4, -0.2) is 35.7 Å². The first kappa shape index (κ1) is 16.9. The molecule has 8 nitrogen and oxygen atoms in total. The average Bonchev–Trinajstić information content (AvgIpc) is 3.22. The summed E-state index contributed by atoms with van der Waals surface area (Å²) in [5, 5.41) is 20.1. The highest BCUT2D eigenvalue weighted by Gasteiger charge is 2.23. The Bertz CT molecular complexity index is 1180. The van der Waals surface area contributed by atoms with E-state index in [-0.39, 0.29) is 5.91 Å². The Morgan fingerprint density at radius 1 is 1.25 bits per heavy atom. The number of amides is 1. The van der Waals surface area contributed by atoms with Crippen LogP contribution in [0.3, 0.4) is 0 Å². The average molecular weight is 394 g/mol. The van der Waals surface area contributed by atoms with E-state index in [0.717, 1.165) is 17.6 Å². The molecule has 1 aliphatic carbocycles. The molecule has 9 heteroatoms. The zero-order valence-corrected chi connectivity index (χ0v) is 15.5. The van der Waals surface area contributed by atoms with E-state index in [0.29, 0.717) is 28.0 Å². The number of rotatable bonds is 5. The molecule has 1 amide bonds. The first-order chi connectivity index (χ1) is 13.7. The molecule has 5 rings (SSSR count). The van der Waals surface area contributed by atoms with Gasteiger partial charge in [-0.05, 0) is 54.3 Å². The fourth-order valence-electron chi connectivity index (χ4n) is 3.03. The maximum absolute atomic E-state index is 12.8. The van der Waals surface area contributed by atoms with Gasteiger partial charge in [0.15, 0.2) is 0 Å². The fourth-order valence-corrected chi connectivity index (χ4v) is 3.19. The van der Waals surface area contributed by atoms with Gasteiger partial charge in [-0.1, -0.05) is 17.7 Å². The summed E-state index contributed by atoms with van der Waals surface area (Å²) in [6, 6.07) is 10.8. The van der Waals surface area contributed by atoms with Crippen LogP contribution in [0.4, 0.5) is 5.69 Å². The summed E-state index contributed by atoms with van der Waals surface area (Å²) >= 11 is 6.29. The molecule has 3 heterocycles. The van der Waals surface area contributed by atoms with Gasteiger partial charge < -0.3 is 5.32 Å². The standard InChI is InChI=1S/C19H16ClN7O/c20-15-7-6-13(18-23-25-27(24-18)11-12-4-5-12)9-16(15)22-19(28)14-10-21-26-8-2-1-3-17(14)26/h1-3,6-10,12H,4-5,11H2,(H,22,28). The lowest BCUT2D eigenvalue weighted by Gasteiger charge is -2.08. The van der Waals surface area contributed by atoms with Crippen molar-refractivity contribution in [3.05, 3.63) is 59.4 Å². The summed E-state index contributed by atoms with van der Waals surface area (Å²) in [6.45, 7) is 0.791. The van der Waals surface area contributed by atoms with Crippen LogP contribution < -0.4 is 5.32 Å². The molecule has 0 atom stereocenters. The molecule has 140 valence electrons. The fraction of sp³-hybridized carbons (Fsp3) is 0.211. The number of benzene rings is 1. The summed E-state index contributed by atoms with van der Waals surface area (Å²) < 4.78 is 1.65. The van der Waals surface area contributed by atoms with E-state index in [2.05, 4.69) is 25.8 Å². The van der Waals surface area contributed by atoms with E-state index in [9.17, 15) is 4.79 Å². The second-order valence-corrected chi connectivity index (χ2v) is 7.26. The van der Waals surface area contributed by atoms with E-state index in [1.807, 2.05) is 24.3 Å². The van der Waals surface area contributed by atoms with Gasteiger partial charge in [0.05, 0.1) is 34.5 Å². The highest BCUT2D eigenvalue weighted by molar-refractivity contribution is 6.34. The Hall–Kier alpha value is -3.26. The van der Waals surface area contributed by atoms with Gasteiger partial charge in [-0.25, -0.2) is 4.52 Å².